The summed E-state index contributed by atoms with van der Waals surface area (Å²) < 4.78 is 0. The third kappa shape index (κ3) is 9.14. The van der Waals surface area contributed by atoms with Crippen LogP contribution in [0.15, 0.2) is 103 Å². The maximum Gasteiger partial charge on any atom is 0.225 e. The molecule has 4 nitrogen and oxygen atoms in total. The van der Waals surface area contributed by atoms with Gasteiger partial charge in [-0.2, -0.15) is 0 Å². The first-order valence-corrected chi connectivity index (χ1v) is 13.9. The fourth-order valence-electron chi connectivity index (χ4n) is 5.55. The van der Waals surface area contributed by atoms with Crippen LogP contribution in [-0.2, 0) is 11.3 Å². The Hall–Kier alpha value is -2.95. The second-order valence-electron chi connectivity index (χ2n) is 10.6. The van der Waals surface area contributed by atoms with E-state index in [1.54, 1.807) is 0 Å². The third-order valence-electron chi connectivity index (χ3n) is 7.59. The average Bonchev–Trinajstić information content (AvgIpc) is 3.21. The molecule has 1 atom stereocenters. The molecule has 1 aliphatic carbocycles. The molecular weight excluding hydrogens is 454 g/mol. The molecule has 37 heavy (non-hydrogen) atoms. The zero-order valence-electron chi connectivity index (χ0n) is 22.4. The predicted molar refractivity (Wildman–Crippen MR) is 154 cm³/mol. The molecule has 2 fully saturated rings. The van der Waals surface area contributed by atoms with Crippen LogP contribution >= 0.6 is 0 Å². The standard InChI is InChI=1S/C27H37N3O.C6H6/c1-28(19-23-9-5-2-3-6-10-23)27(31)26-14-17-29(18-15-26)21-25-13-16-30(22-25)20-24-11-7-4-8-12-24;1-2-4-6-5-3-1/h2,4-12,25-26H,3,13-22H2,1H3;1-6H/t25-;/m0./s1. The number of hydrogen-bond acceptors (Lipinski definition) is 3. The normalized spacial score (nSPS) is 20.6. The van der Waals surface area contributed by atoms with E-state index in [0.717, 1.165) is 44.8 Å². The molecule has 2 saturated heterocycles. The van der Waals surface area contributed by atoms with Gasteiger partial charge in [-0.15, -0.1) is 0 Å². The minimum absolute atomic E-state index is 0.185. The summed E-state index contributed by atoms with van der Waals surface area (Å²) in [4.78, 5) is 20.1. The lowest BCUT2D eigenvalue weighted by atomic mass is 9.94. The molecule has 2 aromatic carbocycles. The topological polar surface area (TPSA) is 26.8 Å². The van der Waals surface area contributed by atoms with Gasteiger partial charge in [-0.3, -0.25) is 9.69 Å². The van der Waals surface area contributed by atoms with Gasteiger partial charge in [-0.1, -0.05) is 97.1 Å². The number of rotatable bonds is 7. The number of amides is 1. The summed E-state index contributed by atoms with van der Waals surface area (Å²) in [6.07, 6.45) is 14.9. The van der Waals surface area contributed by atoms with E-state index < -0.39 is 0 Å². The Bertz CT molecular complexity index is 995. The quantitative estimate of drug-likeness (QED) is 0.483. The summed E-state index contributed by atoms with van der Waals surface area (Å²) in [6, 6.07) is 22.8. The van der Waals surface area contributed by atoms with E-state index in [-0.39, 0.29) is 5.92 Å². The van der Waals surface area contributed by atoms with Crippen molar-refractivity contribution in [2.24, 2.45) is 11.8 Å². The molecule has 0 bridgehead atoms. The van der Waals surface area contributed by atoms with Crippen molar-refractivity contribution < 1.29 is 4.79 Å². The molecule has 4 heteroatoms. The number of likely N-dealkylation sites (N-methyl/N-ethyl adjacent to an activating group) is 1. The fourth-order valence-corrected chi connectivity index (χ4v) is 5.55. The first-order valence-electron chi connectivity index (χ1n) is 13.9. The van der Waals surface area contributed by atoms with Gasteiger partial charge in [0, 0.05) is 39.1 Å². The SMILES string of the molecule is CN(CC1=CC=CCC=C1)C(=O)C1CCN(C[C@@H]2CCN(Cc3ccccc3)C2)CC1.c1ccccc1. The number of piperidine rings is 1. The molecule has 196 valence electrons. The van der Waals surface area contributed by atoms with Crippen molar-refractivity contribution in [2.75, 3.05) is 46.3 Å². The van der Waals surface area contributed by atoms with Crippen molar-refractivity contribution in [3.05, 3.63) is 108 Å². The van der Waals surface area contributed by atoms with Gasteiger partial charge >= 0.3 is 0 Å². The lowest BCUT2D eigenvalue weighted by molar-refractivity contribution is -0.135. The van der Waals surface area contributed by atoms with E-state index in [0.29, 0.717) is 12.5 Å². The Morgan fingerprint density at radius 1 is 0.865 bits per heavy atom. The van der Waals surface area contributed by atoms with Crippen molar-refractivity contribution >= 4 is 5.91 Å². The highest BCUT2D eigenvalue weighted by Crippen LogP contribution is 2.24. The molecule has 0 aromatic heterocycles. The maximum absolute atomic E-state index is 13.0. The van der Waals surface area contributed by atoms with Gasteiger partial charge in [0.2, 0.25) is 5.91 Å². The van der Waals surface area contributed by atoms with Crippen molar-refractivity contribution in [3.63, 3.8) is 0 Å². The number of nitrogens with zero attached hydrogens (tertiary/aromatic N) is 3. The highest BCUT2D eigenvalue weighted by atomic mass is 16.2. The van der Waals surface area contributed by atoms with E-state index in [2.05, 4.69) is 70.5 Å². The molecule has 2 heterocycles. The molecule has 2 aromatic rings. The van der Waals surface area contributed by atoms with Crippen LogP contribution in [0.3, 0.4) is 0 Å². The molecular formula is C33H43N3O. The smallest absolute Gasteiger partial charge is 0.225 e. The number of carbonyl (C=O) groups excluding carboxylic acids is 1. The van der Waals surface area contributed by atoms with Gasteiger partial charge in [0.15, 0.2) is 0 Å². The van der Waals surface area contributed by atoms with Crippen molar-refractivity contribution in [1.29, 1.82) is 0 Å². The zero-order chi connectivity index (χ0) is 25.7. The number of benzene rings is 2. The summed E-state index contributed by atoms with van der Waals surface area (Å²) in [6.45, 7) is 7.49. The van der Waals surface area contributed by atoms with Crippen LogP contribution in [-0.4, -0.2) is 66.9 Å². The number of carbonyl (C=O) groups is 1. The summed E-state index contributed by atoms with van der Waals surface area (Å²) in [5, 5.41) is 0. The monoisotopic (exact) mass is 497 g/mol. The highest BCUT2D eigenvalue weighted by Gasteiger charge is 2.30. The second kappa shape index (κ2) is 14.7. The molecule has 1 amide bonds. The van der Waals surface area contributed by atoms with Crippen LogP contribution in [0.25, 0.3) is 0 Å². The van der Waals surface area contributed by atoms with Gasteiger partial charge < -0.3 is 9.80 Å². The summed E-state index contributed by atoms with van der Waals surface area (Å²) >= 11 is 0. The fraction of sp³-hybridized carbons (Fsp3) is 0.424. The van der Waals surface area contributed by atoms with Gasteiger partial charge in [0.1, 0.15) is 0 Å². The number of allylic oxidation sites excluding steroid dienone is 4. The van der Waals surface area contributed by atoms with Gasteiger partial charge in [-0.05, 0) is 62.4 Å². The third-order valence-corrected chi connectivity index (χ3v) is 7.59. The molecule has 2 aliphatic heterocycles. The minimum Gasteiger partial charge on any atom is -0.341 e. The predicted octanol–water partition coefficient (Wildman–Crippen LogP) is 5.81. The van der Waals surface area contributed by atoms with Crippen molar-refractivity contribution in [2.45, 2.75) is 32.2 Å². The van der Waals surface area contributed by atoms with Crippen LogP contribution in [0.2, 0.25) is 0 Å². The number of hydrogen-bond donors (Lipinski definition) is 0. The number of likely N-dealkylation sites (tertiary alicyclic amines) is 2. The highest BCUT2D eigenvalue weighted by molar-refractivity contribution is 5.79. The van der Waals surface area contributed by atoms with Gasteiger partial charge in [0.05, 0.1) is 0 Å². The first kappa shape index (κ1) is 27.1. The van der Waals surface area contributed by atoms with Gasteiger partial charge in [0.25, 0.3) is 0 Å². The average molecular weight is 498 g/mol. The Balaban J connectivity index is 0.000000469. The zero-order valence-corrected chi connectivity index (χ0v) is 22.4. The maximum atomic E-state index is 13.0. The molecule has 0 saturated carbocycles. The Kier molecular flexibility index (Phi) is 10.8. The van der Waals surface area contributed by atoms with E-state index in [4.69, 9.17) is 0 Å². The van der Waals surface area contributed by atoms with Crippen LogP contribution in [0.5, 0.6) is 0 Å². The van der Waals surface area contributed by atoms with E-state index in [1.165, 1.54) is 37.2 Å². The summed E-state index contributed by atoms with van der Waals surface area (Å²) in [5.74, 6) is 1.27. The van der Waals surface area contributed by atoms with Crippen LogP contribution in [0.4, 0.5) is 0 Å². The summed E-state index contributed by atoms with van der Waals surface area (Å²) in [7, 11) is 1.96. The Morgan fingerprint density at radius 2 is 1.51 bits per heavy atom. The van der Waals surface area contributed by atoms with Crippen molar-refractivity contribution in [3.8, 4) is 0 Å². The largest absolute Gasteiger partial charge is 0.341 e. The lowest BCUT2D eigenvalue weighted by Crippen LogP contribution is -2.43. The van der Waals surface area contributed by atoms with Crippen molar-refractivity contribution in [1.82, 2.24) is 14.7 Å². The second-order valence-corrected chi connectivity index (χ2v) is 10.6. The molecule has 0 unspecified atom stereocenters. The van der Waals surface area contributed by atoms with E-state index >= 15 is 0 Å². The molecule has 3 aliphatic rings. The minimum atomic E-state index is 0.185. The van der Waals surface area contributed by atoms with Crippen LogP contribution in [0.1, 0.15) is 31.2 Å². The van der Waals surface area contributed by atoms with Crippen LogP contribution in [0, 0.1) is 11.8 Å². The molecule has 5 rings (SSSR count). The van der Waals surface area contributed by atoms with E-state index in [9.17, 15) is 4.79 Å². The molecule has 0 radical (unpaired) electrons. The first-order chi connectivity index (χ1) is 18.2. The Morgan fingerprint density at radius 3 is 2.22 bits per heavy atom. The van der Waals surface area contributed by atoms with Gasteiger partial charge in [-0.25, -0.2) is 0 Å². The lowest BCUT2D eigenvalue weighted by Gasteiger charge is -2.34. The van der Waals surface area contributed by atoms with E-state index in [1.807, 2.05) is 48.3 Å². The summed E-state index contributed by atoms with van der Waals surface area (Å²) in [5.41, 5.74) is 2.63. The van der Waals surface area contributed by atoms with Crippen LogP contribution < -0.4 is 0 Å². The molecule has 0 spiro atoms. The Labute approximate surface area is 224 Å². The molecule has 0 N–H and O–H groups in total.